The Bertz CT molecular complexity index is 349. The molecule has 112 valence electrons. The Morgan fingerprint density at radius 1 is 1.30 bits per heavy atom. The summed E-state index contributed by atoms with van der Waals surface area (Å²) < 4.78 is 11.6. The van der Waals surface area contributed by atoms with Gasteiger partial charge in [0, 0.05) is 6.61 Å². The lowest BCUT2D eigenvalue weighted by atomic mass is 10.1. The van der Waals surface area contributed by atoms with Gasteiger partial charge in [0.15, 0.2) is 0 Å². The molecular weight excluding hydrogens is 250 g/mol. The predicted molar refractivity (Wildman–Crippen MR) is 81.9 cm³/mol. The smallest absolute Gasteiger partial charge is 0.0808 e. The van der Waals surface area contributed by atoms with E-state index in [4.69, 9.17) is 9.47 Å². The summed E-state index contributed by atoms with van der Waals surface area (Å²) in [5, 5.41) is 3.56. The van der Waals surface area contributed by atoms with Crippen LogP contribution >= 0.6 is 0 Å². The van der Waals surface area contributed by atoms with E-state index in [1.54, 1.807) is 0 Å². The van der Waals surface area contributed by atoms with Crippen LogP contribution in [0, 0.1) is 0 Å². The molecule has 1 aromatic rings. The summed E-state index contributed by atoms with van der Waals surface area (Å²) >= 11 is 0. The van der Waals surface area contributed by atoms with Gasteiger partial charge < -0.3 is 14.8 Å². The number of hydrogen-bond acceptors (Lipinski definition) is 3. The van der Waals surface area contributed by atoms with E-state index >= 15 is 0 Å². The van der Waals surface area contributed by atoms with Crippen molar-refractivity contribution in [1.82, 2.24) is 5.32 Å². The molecule has 0 radical (unpaired) electrons. The Labute approximate surface area is 122 Å². The highest BCUT2D eigenvalue weighted by Crippen LogP contribution is 2.16. The van der Waals surface area contributed by atoms with Crippen LogP contribution in [0.15, 0.2) is 30.3 Å². The SMILES string of the molecule is CCCNC(COCC1CCCCO1)c1ccccc1. The average molecular weight is 277 g/mol. The third-order valence-electron chi connectivity index (χ3n) is 3.70. The second-order valence-electron chi connectivity index (χ2n) is 5.44. The first kappa shape index (κ1) is 15.5. The van der Waals surface area contributed by atoms with E-state index in [-0.39, 0.29) is 6.04 Å². The number of ether oxygens (including phenoxy) is 2. The van der Waals surface area contributed by atoms with Crippen molar-refractivity contribution >= 4 is 0 Å². The van der Waals surface area contributed by atoms with Crippen LogP contribution in [0.1, 0.15) is 44.2 Å². The van der Waals surface area contributed by atoms with E-state index in [0.717, 1.165) is 32.6 Å². The summed E-state index contributed by atoms with van der Waals surface area (Å²) in [6.45, 7) is 5.53. The fraction of sp³-hybridized carbons (Fsp3) is 0.647. The van der Waals surface area contributed by atoms with Crippen molar-refractivity contribution in [2.75, 3.05) is 26.4 Å². The minimum atomic E-state index is 0.278. The van der Waals surface area contributed by atoms with E-state index in [2.05, 4.69) is 42.6 Å². The lowest BCUT2D eigenvalue weighted by Crippen LogP contribution is -2.29. The Kier molecular flexibility index (Phi) is 7.06. The quantitative estimate of drug-likeness (QED) is 0.791. The molecule has 2 atom stereocenters. The van der Waals surface area contributed by atoms with Crippen LogP contribution < -0.4 is 5.32 Å². The zero-order chi connectivity index (χ0) is 14.0. The van der Waals surface area contributed by atoms with E-state index in [1.807, 2.05) is 0 Å². The highest BCUT2D eigenvalue weighted by atomic mass is 16.5. The van der Waals surface area contributed by atoms with Crippen LogP contribution in [0.5, 0.6) is 0 Å². The van der Waals surface area contributed by atoms with Gasteiger partial charge in [-0.25, -0.2) is 0 Å². The van der Waals surface area contributed by atoms with Crippen molar-refractivity contribution in [2.24, 2.45) is 0 Å². The number of nitrogens with one attached hydrogen (secondary N) is 1. The molecule has 3 nitrogen and oxygen atoms in total. The van der Waals surface area contributed by atoms with Gasteiger partial charge in [0.25, 0.3) is 0 Å². The number of benzene rings is 1. The van der Waals surface area contributed by atoms with Crippen molar-refractivity contribution in [3.63, 3.8) is 0 Å². The van der Waals surface area contributed by atoms with Crippen molar-refractivity contribution in [2.45, 2.75) is 44.8 Å². The lowest BCUT2D eigenvalue weighted by Gasteiger charge is -2.24. The molecule has 1 N–H and O–H groups in total. The summed E-state index contributed by atoms with van der Waals surface area (Å²) in [4.78, 5) is 0. The molecule has 1 fully saturated rings. The molecule has 0 aliphatic carbocycles. The first-order valence-electron chi connectivity index (χ1n) is 7.88. The molecule has 1 saturated heterocycles. The molecule has 3 heteroatoms. The van der Waals surface area contributed by atoms with Gasteiger partial charge in [-0.1, -0.05) is 37.3 Å². The predicted octanol–water partition coefficient (Wildman–Crippen LogP) is 3.31. The van der Waals surface area contributed by atoms with E-state index in [0.29, 0.717) is 12.7 Å². The molecule has 1 heterocycles. The van der Waals surface area contributed by atoms with Crippen molar-refractivity contribution in [3.8, 4) is 0 Å². The lowest BCUT2D eigenvalue weighted by molar-refractivity contribution is -0.0442. The Morgan fingerprint density at radius 3 is 2.85 bits per heavy atom. The van der Waals surface area contributed by atoms with Crippen LogP contribution in [0.2, 0.25) is 0 Å². The second-order valence-corrected chi connectivity index (χ2v) is 5.44. The Balaban J connectivity index is 1.78. The molecule has 0 saturated carbocycles. The normalized spacial score (nSPS) is 20.8. The van der Waals surface area contributed by atoms with Gasteiger partial charge in [-0.2, -0.15) is 0 Å². The van der Waals surface area contributed by atoms with Crippen LogP contribution in [0.3, 0.4) is 0 Å². The fourth-order valence-electron chi connectivity index (χ4n) is 2.53. The van der Waals surface area contributed by atoms with Gasteiger partial charge in [-0.05, 0) is 37.8 Å². The van der Waals surface area contributed by atoms with Gasteiger partial charge in [0.1, 0.15) is 0 Å². The Morgan fingerprint density at radius 2 is 2.15 bits per heavy atom. The van der Waals surface area contributed by atoms with Crippen molar-refractivity contribution < 1.29 is 9.47 Å². The standard InChI is InChI=1S/C17H27NO2/c1-2-11-18-17(15-8-4-3-5-9-15)14-19-13-16-10-6-7-12-20-16/h3-5,8-9,16-18H,2,6-7,10-14H2,1H3. The zero-order valence-corrected chi connectivity index (χ0v) is 12.5. The zero-order valence-electron chi connectivity index (χ0n) is 12.5. The van der Waals surface area contributed by atoms with Crippen LogP contribution in [-0.4, -0.2) is 32.5 Å². The summed E-state index contributed by atoms with van der Waals surface area (Å²) in [7, 11) is 0. The Hall–Kier alpha value is -0.900. The highest BCUT2D eigenvalue weighted by molar-refractivity contribution is 5.18. The van der Waals surface area contributed by atoms with Gasteiger partial charge in [0.2, 0.25) is 0 Å². The largest absolute Gasteiger partial charge is 0.377 e. The maximum atomic E-state index is 5.90. The second kappa shape index (κ2) is 9.11. The molecule has 0 amide bonds. The van der Waals surface area contributed by atoms with Gasteiger partial charge in [0.05, 0.1) is 25.4 Å². The van der Waals surface area contributed by atoms with Crippen LogP contribution in [-0.2, 0) is 9.47 Å². The molecular formula is C17H27NO2. The monoisotopic (exact) mass is 277 g/mol. The number of hydrogen-bond donors (Lipinski definition) is 1. The average Bonchev–Trinajstić information content (AvgIpc) is 2.52. The van der Waals surface area contributed by atoms with E-state index in [9.17, 15) is 0 Å². The van der Waals surface area contributed by atoms with Crippen molar-refractivity contribution in [3.05, 3.63) is 35.9 Å². The minimum absolute atomic E-state index is 0.278. The highest BCUT2D eigenvalue weighted by Gasteiger charge is 2.16. The minimum Gasteiger partial charge on any atom is -0.377 e. The molecule has 0 spiro atoms. The molecule has 20 heavy (non-hydrogen) atoms. The molecule has 2 unspecified atom stereocenters. The van der Waals surface area contributed by atoms with Crippen LogP contribution in [0.4, 0.5) is 0 Å². The number of rotatable bonds is 8. The molecule has 1 aliphatic rings. The van der Waals surface area contributed by atoms with Gasteiger partial charge in [-0.3, -0.25) is 0 Å². The van der Waals surface area contributed by atoms with E-state index < -0.39 is 0 Å². The maximum absolute atomic E-state index is 5.90. The first-order chi connectivity index (χ1) is 9.90. The third-order valence-corrected chi connectivity index (χ3v) is 3.70. The van der Waals surface area contributed by atoms with Gasteiger partial charge >= 0.3 is 0 Å². The molecule has 1 aliphatic heterocycles. The molecule has 0 bridgehead atoms. The summed E-state index contributed by atoms with van der Waals surface area (Å²) in [5.74, 6) is 0. The third kappa shape index (κ3) is 5.23. The van der Waals surface area contributed by atoms with Crippen LogP contribution in [0.25, 0.3) is 0 Å². The summed E-state index contributed by atoms with van der Waals surface area (Å²) in [5.41, 5.74) is 1.30. The molecule has 0 aromatic heterocycles. The van der Waals surface area contributed by atoms with E-state index in [1.165, 1.54) is 18.4 Å². The van der Waals surface area contributed by atoms with Crippen molar-refractivity contribution in [1.29, 1.82) is 0 Å². The summed E-state index contributed by atoms with van der Waals surface area (Å²) in [6.07, 6.45) is 5.03. The molecule has 1 aromatic carbocycles. The maximum Gasteiger partial charge on any atom is 0.0808 e. The first-order valence-corrected chi connectivity index (χ1v) is 7.88. The topological polar surface area (TPSA) is 30.5 Å². The summed E-state index contributed by atoms with van der Waals surface area (Å²) in [6, 6.07) is 10.8. The molecule has 2 rings (SSSR count). The fourth-order valence-corrected chi connectivity index (χ4v) is 2.53. The van der Waals surface area contributed by atoms with Gasteiger partial charge in [-0.15, -0.1) is 0 Å².